The highest BCUT2D eigenvalue weighted by molar-refractivity contribution is 6.36. The first-order valence-corrected chi connectivity index (χ1v) is 17.6. The number of hydrogen-bond donors (Lipinski definition) is 1. The first-order valence-electron chi connectivity index (χ1n) is 17.2. The number of aryl methyl sites for hydroxylation is 2. The van der Waals surface area contributed by atoms with Crippen LogP contribution in [0.5, 0.6) is 0 Å². The molecule has 1 fully saturated rings. The summed E-state index contributed by atoms with van der Waals surface area (Å²) in [6.07, 6.45) is -2.84. The van der Waals surface area contributed by atoms with Gasteiger partial charge in [-0.15, -0.1) is 0 Å². The Bertz CT molecular complexity index is 2330. The van der Waals surface area contributed by atoms with Crippen LogP contribution >= 0.6 is 11.6 Å². The molecule has 0 amide bonds. The lowest BCUT2D eigenvalue weighted by Crippen LogP contribution is -2.24. The van der Waals surface area contributed by atoms with E-state index in [1.807, 2.05) is 6.92 Å². The van der Waals surface area contributed by atoms with E-state index in [2.05, 4.69) is 22.0 Å². The van der Waals surface area contributed by atoms with Gasteiger partial charge in [-0.2, -0.15) is 19.0 Å². The van der Waals surface area contributed by atoms with Crippen LogP contribution in [0.2, 0.25) is 5.02 Å². The van der Waals surface area contributed by atoms with Crippen molar-refractivity contribution in [3.8, 4) is 23.0 Å². The Morgan fingerprint density at radius 3 is 2.43 bits per heavy atom. The summed E-state index contributed by atoms with van der Waals surface area (Å²) in [5, 5.41) is 20.0. The minimum absolute atomic E-state index is 0.0715. The smallest absolute Gasteiger partial charge is 0.293 e. The number of fused-ring (bicyclic) bond motifs is 4. The van der Waals surface area contributed by atoms with Crippen molar-refractivity contribution in [1.82, 2.24) is 19.6 Å². The highest BCUT2D eigenvalue weighted by Gasteiger charge is 2.67. The van der Waals surface area contributed by atoms with Crippen LogP contribution in [0, 0.1) is 29.4 Å². The molecule has 3 aromatic carbocycles. The van der Waals surface area contributed by atoms with Crippen LogP contribution in [-0.4, -0.2) is 36.1 Å². The SMILES string of the molecule is CCc1nn(C)c2c(-c3ccc(C#CC(C)(C)O)cc3[C@@H](CC(=O)Cn3nc(C(F)F)c4c3C(F)(F)[C@@H]3C[C@H]43)Cc3cc(F)cc(F)c3)ccc(Cl)c12. The number of rotatable bonds is 10. The van der Waals surface area contributed by atoms with E-state index in [0.29, 0.717) is 43.9 Å². The molecule has 2 aliphatic carbocycles. The van der Waals surface area contributed by atoms with Gasteiger partial charge in [0.25, 0.3) is 12.3 Å². The maximum absolute atomic E-state index is 15.4. The topological polar surface area (TPSA) is 72.9 Å². The van der Waals surface area contributed by atoms with Gasteiger partial charge in [0.15, 0.2) is 5.78 Å². The summed E-state index contributed by atoms with van der Waals surface area (Å²) >= 11 is 6.68. The summed E-state index contributed by atoms with van der Waals surface area (Å²) < 4.78 is 90.3. The molecule has 1 saturated carbocycles. The predicted octanol–water partition coefficient (Wildman–Crippen LogP) is 9.19. The molecule has 2 heterocycles. The molecule has 53 heavy (non-hydrogen) atoms. The van der Waals surface area contributed by atoms with Crippen molar-refractivity contribution in [1.29, 1.82) is 0 Å². The van der Waals surface area contributed by atoms with Crippen LogP contribution in [0.3, 0.4) is 0 Å². The summed E-state index contributed by atoms with van der Waals surface area (Å²) in [7, 11) is 1.77. The Hall–Kier alpha value is -4.60. The van der Waals surface area contributed by atoms with Crippen molar-refractivity contribution in [2.24, 2.45) is 13.0 Å². The van der Waals surface area contributed by atoms with Crippen LogP contribution < -0.4 is 0 Å². The van der Waals surface area contributed by atoms with Gasteiger partial charge in [-0.05, 0) is 92.0 Å². The van der Waals surface area contributed by atoms with Crippen LogP contribution in [0.1, 0.15) is 91.2 Å². The van der Waals surface area contributed by atoms with Crippen LogP contribution in [0.25, 0.3) is 22.0 Å². The third-order valence-corrected chi connectivity index (χ3v) is 10.3. The second-order valence-corrected chi connectivity index (χ2v) is 14.9. The van der Waals surface area contributed by atoms with Crippen molar-refractivity contribution in [3.63, 3.8) is 0 Å². The van der Waals surface area contributed by atoms with Crippen molar-refractivity contribution in [2.45, 2.75) is 82.8 Å². The average Bonchev–Trinajstić information content (AvgIpc) is 3.60. The van der Waals surface area contributed by atoms with Gasteiger partial charge in [0, 0.05) is 47.5 Å². The first kappa shape index (κ1) is 36.7. The number of hydrogen-bond acceptors (Lipinski definition) is 4. The molecule has 0 saturated heterocycles. The van der Waals surface area contributed by atoms with Gasteiger partial charge in [0.2, 0.25) is 0 Å². The number of ketones is 1. The van der Waals surface area contributed by atoms with E-state index in [9.17, 15) is 27.5 Å². The van der Waals surface area contributed by atoms with E-state index in [4.69, 9.17) is 11.6 Å². The molecule has 0 radical (unpaired) electrons. The summed E-state index contributed by atoms with van der Waals surface area (Å²) in [6, 6.07) is 11.8. The van der Waals surface area contributed by atoms with Gasteiger partial charge in [-0.1, -0.05) is 42.5 Å². The number of halogens is 7. The monoisotopic (exact) mass is 752 g/mol. The molecule has 1 N–H and O–H groups in total. The fraction of sp³-hybridized carbons (Fsp3) is 0.375. The fourth-order valence-corrected chi connectivity index (χ4v) is 8.02. The number of alkyl halides is 4. The third-order valence-electron chi connectivity index (χ3n) is 10.0. The number of benzene rings is 3. The Balaban J connectivity index is 1.37. The first-order chi connectivity index (χ1) is 25.0. The van der Waals surface area contributed by atoms with Gasteiger partial charge in [-0.25, -0.2) is 17.6 Å². The molecule has 0 spiro atoms. The maximum atomic E-state index is 15.4. The molecule has 5 aromatic rings. The largest absolute Gasteiger partial charge is 0.378 e. The molecule has 13 heteroatoms. The lowest BCUT2D eigenvalue weighted by Gasteiger charge is -2.23. The lowest BCUT2D eigenvalue weighted by molar-refractivity contribution is -0.120. The number of Topliss-reactive ketones (excluding diaryl/α,β-unsaturated/α-hetero) is 1. The lowest BCUT2D eigenvalue weighted by atomic mass is 9.82. The van der Waals surface area contributed by atoms with E-state index in [1.165, 1.54) is 13.8 Å². The molecule has 2 aliphatic rings. The van der Waals surface area contributed by atoms with E-state index in [1.54, 1.807) is 42.1 Å². The standard InChI is InChI=1S/C40H35ClF6N4O2/c1-5-32-34-31(41)9-8-27(36(34)50(4)48-32)26-7-6-20(10-11-39(2,3)53)15-28(26)22(12-21-13-23(42)17-24(43)14-21)16-25(52)19-51-37-33(35(49-51)38(44)45)29-18-30(29)40(37,46)47/h6-9,13-15,17,22,29-30,38,53H,5,12,16,18-19H2,1-4H3/t22-,29+,30-/m1/s1. The summed E-state index contributed by atoms with van der Waals surface area (Å²) in [5.74, 6) is -2.62. The van der Waals surface area contributed by atoms with Gasteiger partial charge in [0.05, 0.1) is 16.2 Å². The third kappa shape index (κ3) is 6.85. The molecule has 2 aromatic heterocycles. The molecule has 0 aliphatic heterocycles. The van der Waals surface area contributed by atoms with Crippen LogP contribution in [0.4, 0.5) is 26.3 Å². The number of nitrogens with zero attached hydrogens (tertiary/aromatic N) is 4. The van der Waals surface area contributed by atoms with Crippen molar-refractivity contribution >= 4 is 28.3 Å². The predicted molar refractivity (Wildman–Crippen MR) is 188 cm³/mol. The number of carbonyl (C=O) groups excluding carboxylic acids is 1. The Labute approximate surface area is 306 Å². The molecular weight excluding hydrogens is 718 g/mol. The molecular formula is C40H35ClF6N4O2. The number of aliphatic hydroxyl groups is 1. The fourth-order valence-electron chi connectivity index (χ4n) is 7.76. The molecule has 0 bridgehead atoms. The zero-order valence-electron chi connectivity index (χ0n) is 29.3. The van der Waals surface area contributed by atoms with E-state index in [0.717, 1.165) is 29.3 Å². The molecule has 0 unspecified atom stereocenters. The number of carbonyl (C=O) groups is 1. The maximum Gasteiger partial charge on any atom is 0.293 e. The molecule has 6 nitrogen and oxygen atoms in total. The average molecular weight is 753 g/mol. The second kappa shape index (κ2) is 13.4. The second-order valence-electron chi connectivity index (χ2n) is 14.5. The molecule has 276 valence electrons. The Morgan fingerprint density at radius 1 is 1.08 bits per heavy atom. The van der Waals surface area contributed by atoms with E-state index in [-0.39, 0.29) is 30.4 Å². The van der Waals surface area contributed by atoms with Gasteiger partial charge < -0.3 is 5.11 Å². The van der Waals surface area contributed by atoms with E-state index < -0.39 is 71.1 Å². The quantitative estimate of drug-likeness (QED) is 0.114. The Kier molecular flexibility index (Phi) is 9.26. The summed E-state index contributed by atoms with van der Waals surface area (Å²) in [5.41, 5.74) is 1.06. The molecule has 7 rings (SSSR count). The normalized spacial score (nSPS) is 17.8. The van der Waals surface area contributed by atoms with Gasteiger partial charge >= 0.3 is 0 Å². The minimum atomic E-state index is -3.42. The van der Waals surface area contributed by atoms with Crippen molar-refractivity contribution in [2.75, 3.05) is 0 Å². The van der Waals surface area contributed by atoms with Crippen LogP contribution in [-0.2, 0) is 37.2 Å². The van der Waals surface area contributed by atoms with Crippen LogP contribution in [0.15, 0.2) is 48.5 Å². The summed E-state index contributed by atoms with van der Waals surface area (Å²) in [6.45, 7) is 4.28. The summed E-state index contributed by atoms with van der Waals surface area (Å²) in [4.78, 5) is 14.0. The zero-order chi connectivity index (χ0) is 38.1. The Morgan fingerprint density at radius 2 is 1.77 bits per heavy atom. The minimum Gasteiger partial charge on any atom is -0.378 e. The highest BCUT2D eigenvalue weighted by Crippen LogP contribution is 2.68. The molecule has 3 atom stereocenters. The van der Waals surface area contributed by atoms with Gasteiger partial charge in [-0.3, -0.25) is 14.2 Å². The van der Waals surface area contributed by atoms with E-state index >= 15 is 8.78 Å². The van der Waals surface area contributed by atoms with Crippen molar-refractivity contribution in [3.05, 3.63) is 105 Å². The highest BCUT2D eigenvalue weighted by atomic mass is 35.5. The van der Waals surface area contributed by atoms with Crippen molar-refractivity contribution < 1.29 is 36.2 Å². The number of aromatic nitrogens is 4. The van der Waals surface area contributed by atoms with Gasteiger partial charge in [0.1, 0.15) is 35.2 Å². The zero-order valence-corrected chi connectivity index (χ0v) is 30.0.